The zero-order valence-electron chi connectivity index (χ0n) is 18.2. The molecule has 3 amide bonds. The quantitative estimate of drug-likeness (QED) is 0.443. The number of nitrogens with one attached hydrogen (secondary N) is 3. The Bertz CT molecular complexity index is 853. The molecule has 7 heteroatoms. The van der Waals surface area contributed by atoms with E-state index in [0.29, 0.717) is 25.1 Å². The largest absolute Gasteiger partial charge is 0.350 e. The van der Waals surface area contributed by atoms with Crippen molar-refractivity contribution in [3.8, 4) is 0 Å². The molecule has 0 aliphatic carbocycles. The molecule has 166 valence electrons. The van der Waals surface area contributed by atoms with Crippen LogP contribution < -0.4 is 21.7 Å². The second-order valence-corrected chi connectivity index (χ2v) is 7.49. The molecular weight excluding hydrogens is 392 g/mol. The Morgan fingerprint density at radius 1 is 0.903 bits per heavy atom. The van der Waals surface area contributed by atoms with Crippen LogP contribution in [0.5, 0.6) is 0 Å². The lowest BCUT2D eigenvalue weighted by atomic mass is 10.0. The van der Waals surface area contributed by atoms with Crippen LogP contribution in [0.4, 0.5) is 0 Å². The van der Waals surface area contributed by atoms with Crippen molar-refractivity contribution in [1.29, 1.82) is 0 Å². The summed E-state index contributed by atoms with van der Waals surface area (Å²) in [5, 5.41) is 8.40. The first-order chi connectivity index (χ1) is 14.9. The molecule has 2 atom stereocenters. The number of carbonyl (C=O) groups is 3. The van der Waals surface area contributed by atoms with E-state index in [-0.39, 0.29) is 17.7 Å². The first-order valence-corrected chi connectivity index (χ1v) is 10.6. The number of hydrogen-bond acceptors (Lipinski definition) is 4. The van der Waals surface area contributed by atoms with Gasteiger partial charge in [0, 0.05) is 20.0 Å². The summed E-state index contributed by atoms with van der Waals surface area (Å²) in [4.78, 5) is 37.4. The van der Waals surface area contributed by atoms with Crippen molar-refractivity contribution in [2.45, 2.75) is 58.3 Å². The number of benzene rings is 2. The van der Waals surface area contributed by atoms with E-state index < -0.39 is 12.1 Å². The van der Waals surface area contributed by atoms with Crippen molar-refractivity contribution in [2.75, 3.05) is 0 Å². The molecule has 0 heterocycles. The molecule has 0 fully saturated rings. The summed E-state index contributed by atoms with van der Waals surface area (Å²) < 4.78 is 0. The fraction of sp³-hybridized carbons (Fsp3) is 0.375. The minimum Gasteiger partial charge on any atom is -0.350 e. The highest BCUT2D eigenvalue weighted by Crippen LogP contribution is 2.15. The minimum atomic E-state index is -0.866. The first-order valence-electron chi connectivity index (χ1n) is 10.6. The molecule has 0 aromatic heterocycles. The van der Waals surface area contributed by atoms with Crippen molar-refractivity contribution >= 4 is 17.7 Å². The molecular formula is C24H32N4O3. The van der Waals surface area contributed by atoms with Gasteiger partial charge in [-0.1, -0.05) is 74.4 Å². The molecule has 0 saturated heterocycles. The number of nitrogens with two attached hydrogens (primary N) is 1. The van der Waals surface area contributed by atoms with E-state index in [2.05, 4.69) is 16.0 Å². The molecule has 0 aliphatic heterocycles. The predicted octanol–water partition coefficient (Wildman–Crippen LogP) is 2.31. The molecule has 2 aromatic rings. The maximum atomic E-state index is 13.0. The van der Waals surface area contributed by atoms with Gasteiger partial charge in [0.05, 0.1) is 0 Å². The normalized spacial score (nSPS) is 12.5. The highest BCUT2D eigenvalue weighted by atomic mass is 16.2. The molecule has 5 N–H and O–H groups in total. The van der Waals surface area contributed by atoms with E-state index in [1.54, 1.807) is 12.1 Å². The lowest BCUT2D eigenvalue weighted by molar-refractivity contribution is -0.132. The molecule has 0 spiro atoms. The molecule has 0 aliphatic rings. The molecule has 31 heavy (non-hydrogen) atoms. The van der Waals surface area contributed by atoms with Crippen LogP contribution >= 0.6 is 0 Å². The Morgan fingerprint density at radius 3 is 2.13 bits per heavy atom. The van der Waals surface area contributed by atoms with Crippen LogP contribution in [0.15, 0.2) is 54.6 Å². The fourth-order valence-corrected chi connectivity index (χ4v) is 3.20. The van der Waals surface area contributed by atoms with Crippen LogP contribution in [0, 0.1) is 0 Å². The second-order valence-electron chi connectivity index (χ2n) is 7.49. The predicted molar refractivity (Wildman–Crippen MR) is 121 cm³/mol. The number of amides is 3. The van der Waals surface area contributed by atoms with Crippen molar-refractivity contribution in [3.05, 3.63) is 71.3 Å². The Balaban J connectivity index is 2.12. The van der Waals surface area contributed by atoms with Crippen LogP contribution in [0.2, 0.25) is 0 Å². The average Bonchev–Trinajstić information content (AvgIpc) is 2.79. The third-order valence-electron chi connectivity index (χ3n) is 4.95. The lowest BCUT2D eigenvalue weighted by Crippen LogP contribution is -2.49. The van der Waals surface area contributed by atoms with Gasteiger partial charge >= 0.3 is 0 Å². The molecule has 0 radical (unpaired) electrons. The molecule has 0 saturated carbocycles. The van der Waals surface area contributed by atoms with Gasteiger partial charge in [-0.05, 0) is 23.1 Å². The standard InChI is InChI=1S/C24H32N4O3/c1-3-4-10-21(27-17(2)29)23(30)28-22(20-8-6-5-7-9-20)24(31)26-16-19-13-11-18(15-25)12-14-19/h5-9,11-14,21-22H,3-4,10,15-16,25H2,1-2H3,(H,26,31)(H,27,29)(H,28,30)/t21-,22-/m0/s1. The highest BCUT2D eigenvalue weighted by Gasteiger charge is 2.27. The Kier molecular flexibility index (Phi) is 9.71. The summed E-state index contributed by atoms with van der Waals surface area (Å²) in [6.07, 6.45) is 2.20. The van der Waals surface area contributed by atoms with Gasteiger partial charge in [0.1, 0.15) is 12.1 Å². The van der Waals surface area contributed by atoms with Gasteiger partial charge in [-0.15, -0.1) is 0 Å². The maximum absolute atomic E-state index is 13.0. The van der Waals surface area contributed by atoms with Gasteiger partial charge < -0.3 is 21.7 Å². The summed E-state index contributed by atoms with van der Waals surface area (Å²) in [6.45, 7) is 4.18. The molecule has 7 nitrogen and oxygen atoms in total. The van der Waals surface area contributed by atoms with Gasteiger partial charge in [0.15, 0.2) is 0 Å². The molecule has 0 unspecified atom stereocenters. The summed E-state index contributed by atoms with van der Waals surface area (Å²) in [5.41, 5.74) is 8.24. The summed E-state index contributed by atoms with van der Waals surface area (Å²) in [7, 11) is 0. The summed E-state index contributed by atoms with van der Waals surface area (Å²) >= 11 is 0. The third-order valence-corrected chi connectivity index (χ3v) is 4.95. The Morgan fingerprint density at radius 2 is 1.55 bits per heavy atom. The Labute approximate surface area is 183 Å². The topological polar surface area (TPSA) is 113 Å². The van der Waals surface area contributed by atoms with Crippen LogP contribution in [0.3, 0.4) is 0 Å². The van der Waals surface area contributed by atoms with Crippen molar-refractivity contribution in [2.24, 2.45) is 5.73 Å². The van der Waals surface area contributed by atoms with Gasteiger partial charge in [-0.2, -0.15) is 0 Å². The van der Waals surface area contributed by atoms with Crippen molar-refractivity contribution in [3.63, 3.8) is 0 Å². The second kappa shape index (κ2) is 12.5. The van der Waals surface area contributed by atoms with E-state index in [4.69, 9.17) is 5.73 Å². The third kappa shape index (κ3) is 7.86. The summed E-state index contributed by atoms with van der Waals surface area (Å²) in [6, 6.07) is 15.2. The zero-order valence-corrected chi connectivity index (χ0v) is 18.2. The van der Waals surface area contributed by atoms with Gasteiger partial charge in [-0.25, -0.2) is 0 Å². The zero-order chi connectivity index (χ0) is 22.6. The Hall–Kier alpha value is -3.19. The first kappa shape index (κ1) is 24.1. The van der Waals surface area contributed by atoms with Crippen LogP contribution in [0.25, 0.3) is 0 Å². The monoisotopic (exact) mass is 424 g/mol. The number of carbonyl (C=O) groups excluding carboxylic acids is 3. The molecule has 2 rings (SSSR count). The van der Waals surface area contributed by atoms with Gasteiger partial charge in [0.25, 0.3) is 0 Å². The van der Waals surface area contributed by atoms with E-state index in [0.717, 1.165) is 24.0 Å². The van der Waals surface area contributed by atoms with Gasteiger partial charge in [-0.3, -0.25) is 14.4 Å². The van der Waals surface area contributed by atoms with Crippen molar-refractivity contribution < 1.29 is 14.4 Å². The van der Waals surface area contributed by atoms with E-state index in [1.165, 1.54) is 6.92 Å². The lowest BCUT2D eigenvalue weighted by Gasteiger charge is -2.23. The summed E-state index contributed by atoms with van der Waals surface area (Å²) in [5.74, 6) is -0.975. The minimum absolute atomic E-state index is 0.280. The number of rotatable bonds is 11. The highest BCUT2D eigenvalue weighted by molar-refractivity contribution is 5.92. The van der Waals surface area contributed by atoms with E-state index >= 15 is 0 Å². The smallest absolute Gasteiger partial charge is 0.247 e. The fourth-order valence-electron chi connectivity index (χ4n) is 3.20. The number of unbranched alkanes of at least 4 members (excludes halogenated alkanes) is 1. The maximum Gasteiger partial charge on any atom is 0.247 e. The van der Waals surface area contributed by atoms with Crippen LogP contribution in [0.1, 0.15) is 55.8 Å². The van der Waals surface area contributed by atoms with E-state index in [9.17, 15) is 14.4 Å². The average molecular weight is 425 g/mol. The van der Waals surface area contributed by atoms with Crippen LogP contribution in [-0.2, 0) is 27.5 Å². The molecule has 2 aromatic carbocycles. The van der Waals surface area contributed by atoms with Gasteiger partial charge in [0.2, 0.25) is 17.7 Å². The van der Waals surface area contributed by atoms with Crippen molar-refractivity contribution in [1.82, 2.24) is 16.0 Å². The van der Waals surface area contributed by atoms with Crippen LogP contribution in [-0.4, -0.2) is 23.8 Å². The molecule has 0 bridgehead atoms. The van der Waals surface area contributed by atoms with E-state index in [1.807, 2.05) is 49.4 Å². The number of hydrogen-bond donors (Lipinski definition) is 4. The SMILES string of the molecule is CCCC[C@H](NC(C)=O)C(=O)N[C@H](C(=O)NCc1ccc(CN)cc1)c1ccccc1.